The van der Waals surface area contributed by atoms with Gasteiger partial charge in [-0.3, -0.25) is 14.5 Å². The van der Waals surface area contributed by atoms with Gasteiger partial charge in [0.1, 0.15) is 5.82 Å². The molecule has 0 saturated carbocycles. The molecule has 2 aromatic rings. The maximum absolute atomic E-state index is 13.3. The van der Waals surface area contributed by atoms with E-state index < -0.39 is 0 Å². The highest BCUT2D eigenvalue weighted by Crippen LogP contribution is 2.36. The summed E-state index contributed by atoms with van der Waals surface area (Å²) in [5, 5.41) is 0. The first kappa shape index (κ1) is 16.5. The number of anilines is 1. The van der Waals surface area contributed by atoms with Gasteiger partial charge in [0.15, 0.2) is 10.1 Å². The molecule has 0 radical (unpaired) electrons. The normalized spacial score (nSPS) is 16.1. The number of thioether (sulfide) groups is 1. The molecule has 0 N–H and O–H groups in total. The van der Waals surface area contributed by atoms with Gasteiger partial charge >= 0.3 is 0 Å². The predicted molar refractivity (Wildman–Crippen MR) is 98.5 cm³/mol. The third-order valence-corrected chi connectivity index (χ3v) is 4.77. The van der Waals surface area contributed by atoms with E-state index >= 15 is 0 Å². The molecule has 0 bridgehead atoms. The zero-order valence-corrected chi connectivity index (χ0v) is 14.3. The van der Waals surface area contributed by atoms with E-state index in [1.165, 1.54) is 35.7 Å². The Morgan fingerprint density at radius 3 is 2.54 bits per heavy atom. The topological polar surface area (TPSA) is 37.4 Å². The first-order valence-electron chi connectivity index (χ1n) is 7.10. The number of thiocarbonyl (C=S) groups is 1. The zero-order chi connectivity index (χ0) is 17.3. The van der Waals surface area contributed by atoms with E-state index in [4.69, 9.17) is 12.2 Å². The molecule has 3 nitrogen and oxygen atoms in total. The average Bonchev–Trinajstić information content (AvgIpc) is 2.81. The Morgan fingerprint density at radius 1 is 1.21 bits per heavy atom. The van der Waals surface area contributed by atoms with Crippen LogP contribution in [0.2, 0.25) is 0 Å². The summed E-state index contributed by atoms with van der Waals surface area (Å²) < 4.78 is 13.7. The van der Waals surface area contributed by atoms with Gasteiger partial charge in [-0.1, -0.05) is 36.1 Å². The Balaban J connectivity index is 1.90. The zero-order valence-electron chi connectivity index (χ0n) is 12.7. The van der Waals surface area contributed by atoms with E-state index in [9.17, 15) is 14.0 Å². The molecule has 1 amide bonds. The number of amides is 1. The Morgan fingerprint density at radius 2 is 1.92 bits per heavy atom. The maximum Gasteiger partial charge on any atom is 0.270 e. The van der Waals surface area contributed by atoms with Crippen molar-refractivity contribution >= 4 is 51.8 Å². The fraction of sp³-hybridized carbons (Fsp3) is 0.0556. The van der Waals surface area contributed by atoms with Crippen LogP contribution < -0.4 is 4.90 Å². The van der Waals surface area contributed by atoms with Crippen molar-refractivity contribution in [3.05, 3.63) is 70.4 Å². The second kappa shape index (κ2) is 6.67. The van der Waals surface area contributed by atoms with Crippen LogP contribution in [-0.4, -0.2) is 16.0 Å². The molecule has 3 rings (SSSR count). The molecular weight excluding hydrogens is 345 g/mol. The Labute approximate surface area is 148 Å². The molecule has 120 valence electrons. The monoisotopic (exact) mass is 357 g/mol. The van der Waals surface area contributed by atoms with Crippen LogP contribution in [0, 0.1) is 5.82 Å². The molecular formula is C18H12FNO2S2. The van der Waals surface area contributed by atoms with Gasteiger partial charge in [-0.05, 0) is 55.0 Å². The quantitative estimate of drug-likeness (QED) is 0.462. The van der Waals surface area contributed by atoms with Crippen LogP contribution in [0.15, 0.2) is 53.4 Å². The van der Waals surface area contributed by atoms with Gasteiger partial charge in [0, 0.05) is 5.56 Å². The largest absolute Gasteiger partial charge is 0.295 e. The highest BCUT2D eigenvalue weighted by Gasteiger charge is 2.33. The standard InChI is InChI=1S/C18H12FNO2S2/c1-11(21)13-5-7-15(8-6-13)20-17(22)16(24-18(20)23)10-12-3-2-4-14(19)9-12/h2-10H,1H3. The minimum absolute atomic E-state index is 0.0436. The smallest absolute Gasteiger partial charge is 0.270 e. The molecule has 1 fully saturated rings. The lowest BCUT2D eigenvalue weighted by Crippen LogP contribution is -2.27. The van der Waals surface area contributed by atoms with Crippen LogP contribution in [0.1, 0.15) is 22.8 Å². The van der Waals surface area contributed by atoms with Crippen LogP contribution in [0.4, 0.5) is 10.1 Å². The third-order valence-electron chi connectivity index (χ3n) is 3.47. The van der Waals surface area contributed by atoms with Crippen molar-refractivity contribution < 1.29 is 14.0 Å². The van der Waals surface area contributed by atoms with E-state index in [1.54, 1.807) is 42.5 Å². The average molecular weight is 357 g/mol. The van der Waals surface area contributed by atoms with Crippen molar-refractivity contribution in [2.45, 2.75) is 6.92 Å². The number of halogens is 1. The Hall–Kier alpha value is -2.31. The van der Waals surface area contributed by atoms with E-state index in [1.807, 2.05) is 0 Å². The lowest BCUT2D eigenvalue weighted by atomic mass is 10.1. The maximum atomic E-state index is 13.3. The molecule has 0 atom stereocenters. The first-order valence-corrected chi connectivity index (χ1v) is 8.33. The Kier molecular flexibility index (Phi) is 4.59. The van der Waals surface area contributed by atoms with Gasteiger partial charge in [0.05, 0.1) is 10.6 Å². The number of hydrogen-bond acceptors (Lipinski definition) is 4. The van der Waals surface area contributed by atoms with Gasteiger partial charge in [-0.15, -0.1) is 0 Å². The summed E-state index contributed by atoms with van der Waals surface area (Å²) in [7, 11) is 0. The number of carbonyl (C=O) groups excluding carboxylic acids is 2. The minimum Gasteiger partial charge on any atom is -0.295 e. The number of hydrogen-bond donors (Lipinski definition) is 0. The summed E-state index contributed by atoms with van der Waals surface area (Å²) in [4.78, 5) is 25.8. The van der Waals surface area contributed by atoms with Gasteiger partial charge in [-0.2, -0.15) is 0 Å². The van der Waals surface area contributed by atoms with Gasteiger partial charge in [0.2, 0.25) is 0 Å². The molecule has 0 spiro atoms. The number of carbonyl (C=O) groups is 2. The second-order valence-corrected chi connectivity index (χ2v) is 6.85. The van der Waals surface area contributed by atoms with Crippen LogP contribution in [0.5, 0.6) is 0 Å². The summed E-state index contributed by atoms with van der Waals surface area (Å²) in [6, 6.07) is 12.7. The van der Waals surface area contributed by atoms with E-state index in [0.717, 1.165) is 0 Å². The van der Waals surface area contributed by atoms with Crippen molar-refractivity contribution in [3.63, 3.8) is 0 Å². The number of benzene rings is 2. The SMILES string of the molecule is CC(=O)c1ccc(N2C(=O)C(=Cc3cccc(F)c3)SC2=S)cc1. The molecule has 1 aliphatic rings. The van der Waals surface area contributed by atoms with Gasteiger partial charge in [0.25, 0.3) is 5.91 Å². The van der Waals surface area contributed by atoms with E-state index in [0.29, 0.717) is 26.0 Å². The first-order chi connectivity index (χ1) is 11.5. The third kappa shape index (κ3) is 3.29. The fourth-order valence-corrected chi connectivity index (χ4v) is 3.58. The molecule has 6 heteroatoms. The summed E-state index contributed by atoms with van der Waals surface area (Å²) in [5.74, 6) is -0.665. The van der Waals surface area contributed by atoms with Crippen molar-refractivity contribution in [3.8, 4) is 0 Å². The van der Waals surface area contributed by atoms with Crippen molar-refractivity contribution in [1.29, 1.82) is 0 Å². The van der Waals surface area contributed by atoms with Crippen molar-refractivity contribution in [1.82, 2.24) is 0 Å². The second-order valence-electron chi connectivity index (χ2n) is 5.18. The molecule has 0 aromatic heterocycles. The molecule has 2 aromatic carbocycles. The van der Waals surface area contributed by atoms with Crippen molar-refractivity contribution in [2.75, 3.05) is 4.90 Å². The van der Waals surface area contributed by atoms with Crippen LogP contribution in [0.25, 0.3) is 6.08 Å². The number of nitrogens with zero attached hydrogens (tertiary/aromatic N) is 1. The minimum atomic E-state index is -0.362. The van der Waals surface area contributed by atoms with Crippen LogP contribution in [0.3, 0.4) is 0 Å². The summed E-state index contributed by atoms with van der Waals surface area (Å²) in [6.45, 7) is 1.48. The number of ketones is 1. The number of Topliss-reactive ketones (excluding diaryl/α,β-unsaturated/α-hetero) is 1. The summed E-state index contributed by atoms with van der Waals surface area (Å²) in [6.07, 6.45) is 1.62. The Bertz CT molecular complexity index is 875. The van der Waals surface area contributed by atoms with Crippen LogP contribution in [-0.2, 0) is 4.79 Å². The lowest BCUT2D eigenvalue weighted by molar-refractivity contribution is -0.113. The van der Waals surface area contributed by atoms with E-state index in [-0.39, 0.29) is 17.5 Å². The molecule has 0 aliphatic carbocycles. The molecule has 1 heterocycles. The van der Waals surface area contributed by atoms with E-state index in [2.05, 4.69) is 0 Å². The summed E-state index contributed by atoms with van der Waals surface area (Å²) in [5.41, 5.74) is 1.77. The molecule has 1 aliphatic heterocycles. The molecule has 0 unspecified atom stereocenters. The highest BCUT2D eigenvalue weighted by molar-refractivity contribution is 8.27. The van der Waals surface area contributed by atoms with Gasteiger partial charge < -0.3 is 0 Å². The molecule has 24 heavy (non-hydrogen) atoms. The lowest BCUT2D eigenvalue weighted by Gasteiger charge is -2.14. The fourth-order valence-electron chi connectivity index (χ4n) is 2.28. The summed E-state index contributed by atoms with van der Waals surface area (Å²) >= 11 is 6.46. The highest BCUT2D eigenvalue weighted by atomic mass is 32.2. The van der Waals surface area contributed by atoms with Crippen LogP contribution >= 0.6 is 24.0 Å². The van der Waals surface area contributed by atoms with Gasteiger partial charge in [-0.25, -0.2) is 4.39 Å². The predicted octanol–water partition coefficient (Wildman–Crippen LogP) is 4.43. The van der Waals surface area contributed by atoms with Crippen molar-refractivity contribution in [2.24, 2.45) is 0 Å². The molecule has 1 saturated heterocycles. The number of rotatable bonds is 3.